The summed E-state index contributed by atoms with van der Waals surface area (Å²) in [7, 11) is 0.563. The molecule has 0 radical (unpaired) electrons. The first-order chi connectivity index (χ1) is 13.3. The molecular weight excluding hydrogens is 414 g/mol. The van der Waals surface area contributed by atoms with E-state index in [9.17, 15) is 31.2 Å². The maximum Gasteiger partial charge on any atom is 0.426 e. The van der Waals surface area contributed by atoms with E-state index in [2.05, 4.69) is 4.74 Å². The van der Waals surface area contributed by atoms with Gasteiger partial charge in [-0.2, -0.15) is 21.6 Å². The largest absolute Gasteiger partial charge is 0.451 e. The van der Waals surface area contributed by atoms with Crippen LogP contribution in [0.4, 0.5) is 13.2 Å². The van der Waals surface area contributed by atoms with Gasteiger partial charge in [0.25, 0.3) is 10.1 Å². The smallest absolute Gasteiger partial charge is 0.426 e. The lowest BCUT2D eigenvalue weighted by Gasteiger charge is -2.19. The molecule has 1 aromatic carbocycles. The topological polar surface area (TPSA) is 107 Å². The van der Waals surface area contributed by atoms with Crippen molar-refractivity contribution in [3.8, 4) is 5.75 Å². The molecule has 0 aliphatic carbocycles. The van der Waals surface area contributed by atoms with Gasteiger partial charge in [-0.05, 0) is 11.1 Å². The van der Waals surface area contributed by atoms with Gasteiger partial charge in [0.1, 0.15) is 41.5 Å². The highest BCUT2D eigenvalue weighted by atomic mass is 32.2. The lowest BCUT2D eigenvalue weighted by atomic mass is 9.85. The number of benzene rings is 1. The Balaban J connectivity index is 2.93. The van der Waals surface area contributed by atoms with E-state index in [4.69, 9.17) is 9.29 Å². The molecule has 0 aliphatic rings. The molecule has 14 heteroatoms. The highest BCUT2D eigenvalue weighted by molar-refractivity contribution is 7.85. The van der Waals surface area contributed by atoms with Crippen molar-refractivity contribution in [3.05, 3.63) is 28.8 Å². The number of hydrogen-bond donors (Lipinski definition) is 1. The minimum atomic E-state index is -5.24. The molecule has 7 nitrogen and oxygen atoms in total. The molecular formula is C15H20B3F3O7S. The van der Waals surface area contributed by atoms with Crippen molar-refractivity contribution in [1.29, 1.82) is 0 Å². The van der Waals surface area contributed by atoms with Gasteiger partial charge in [-0.15, -0.1) is 0 Å². The molecule has 0 fully saturated rings. The molecule has 0 saturated heterocycles. The van der Waals surface area contributed by atoms with Gasteiger partial charge in [0.15, 0.2) is 0 Å². The molecule has 29 heavy (non-hydrogen) atoms. The van der Waals surface area contributed by atoms with Gasteiger partial charge in [-0.25, -0.2) is 0 Å². The van der Waals surface area contributed by atoms with Gasteiger partial charge in [-0.3, -0.25) is 14.1 Å². The van der Waals surface area contributed by atoms with Crippen LogP contribution in [0.1, 0.15) is 23.1 Å². The van der Waals surface area contributed by atoms with E-state index in [0.29, 0.717) is 23.8 Å². The van der Waals surface area contributed by atoms with Gasteiger partial charge in [0.05, 0.1) is 0 Å². The zero-order valence-electron chi connectivity index (χ0n) is 16.2. The summed E-state index contributed by atoms with van der Waals surface area (Å²) < 4.78 is 77.6. The maximum atomic E-state index is 12.8. The first kappa shape index (κ1) is 25.1. The van der Waals surface area contributed by atoms with E-state index < -0.39 is 46.5 Å². The third-order valence-electron chi connectivity index (χ3n) is 3.98. The molecule has 0 saturated carbocycles. The zero-order valence-corrected chi connectivity index (χ0v) is 17.0. The molecule has 1 rings (SSSR count). The van der Waals surface area contributed by atoms with E-state index in [1.807, 2.05) is 35.7 Å². The fourth-order valence-electron chi connectivity index (χ4n) is 2.54. The first-order valence-corrected chi connectivity index (χ1v) is 10.5. The standard InChI is InChI=1S/C15H20B3F3O7S/c16-4-8-1-9(5-17)14(10(2-8)6-18)28-13(23)3-12(22)27-11(15(19,20)21)7-29(24,25)26/h1-2,11H,3-7,16-18H2,(H,24,25,26). The lowest BCUT2D eigenvalue weighted by Crippen LogP contribution is -2.40. The van der Waals surface area contributed by atoms with Crippen molar-refractivity contribution < 1.29 is 45.2 Å². The van der Waals surface area contributed by atoms with Crippen LogP contribution in [0, 0.1) is 0 Å². The summed E-state index contributed by atoms with van der Waals surface area (Å²) >= 11 is 0. The Bertz CT molecular complexity index is 834. The summed E-state index contributed by atoms with van der Waals surface area (Å²) in [5, 5.41) is 0. The summed E-state index contributed by atoms with van der Waals surface area (Å²) in [6.07, 6.45) is -7.68. The lowest BCUT2D eigenvalue weighted by molar-refractivity contribution is -0.215. The van der Waals surface area contributed by atoms with Gasteiger partial charge in [0.2, 0.25) is 6.10 Å². The van der Waals surface area contributed by atoms with Gasteiger partial charge in [0, 0.05) is 0 Å². The van der Waals surface area contributed by atoms with E-state index in [1.54, 1.807) is 0 Å². The summed E-state index contributed by atoms with van der Waals surface area (Å²) in [6, 6.07) is 3.68. The number of esters is 2. The van der Waals surface area contributed by atoms with Crippen molar-refractivity contribution in [2.24, 2.45) is 0 Å². The third kappa shape index (κ3) is 8.13. The van der Waals surface area contributed by atoms with Crippen molar-refractivity contribution in [3.63, 3.8) is 0 Å². The number of carbonyl (C=O) groups excluding carboxylic acids is 2. The Morgan fingerprint density at radius 2 is 1.55 bits per heavy atom. The van der Waals surface area contributed by atoms with Gasteiger partial charge >= 0.3 is 18.1 Å². The number of alkyl halides is 3. The van der Waals surface area contributed by atoms with Crippen LogP contribution >= 0.6 is 0 Å². The molecule has 1 unspecified atom stereocenters. The highest BCUT2D eigenvalue weighted by Gasteiger charge is 2.45. The average Bonchev–Trinajstić information content (AvgIpc) is 2.59. The predicted molar refractivity (Wildman–Crippen MR) is 106 cm³/mol. The van der Waals surface area contributed by atoms with E-state index in [0.717, 1.165) is 11.9 Å². The number of carbonyl (C=O) groups is 2. The summed E-state index contributed by atoms with van der Waals surface area (Å²) in [6.45, 7) is 0. The predicted octanol–water partition coefficient (Wildman–Crippen LogP) is -1.26. The first-order valence-electron chi connectivity index (χ1n) is 8.87. The molecule has 0 aromatic heterocycles. The van der Waals surface area contributed by atoms with Crippen LogP contribution in [-0.2, 0) is 43.4 Å². The molecule has 158 valence electrons. The quantitative estimate of drug-likeness (QED) is 0.170. The van der Waals surface area contributed by atoms with Gasteiger partial charge < -0.3 is 9.47 Å². The van der Waals surface area contributed by atoms with Crippen molar-refractivity contribution in [2.45, 2.75) is 37.7 Å². The average molecular weight is 434 g/mol. The summed E-state index contributed by atoms with van der Waals surface area (Å²) in [5.41, 5.74) is 2.45. The van der Waals surface area contributed by atoms with Crippen LogP contribution in [0.3, 0.4) is 0 Å². The Morgan fingerprint density at radius 3 is 1.93 bits per heavy atom. The zero-order chi connectivity index (χ0) is 22.4. The van der Waals surface area contributed by atoms with Crippen molar-refractivity contribution in [2.75, 3.05) is 5.75 Å². The molecule has 1 N–H and O–H groups in total. The van der Waals surface area contributed by atoms with Crippen molar-refractivity contribution >= 4 is 45.6 Å². The van der Waals surface area contributed by atoms with Crippen LogP contribution in [0.2, 0.25) is 0 Å². The number of rotatable bonds is 9. The Kier molecular flexibility index (Phi) is 8.82. The van der Waals surface area contributed by atoms with Crippen LogP contribution in [0.5, 0.6) is 5.75 Å². The Labute approximate surface area is 169 Å². The maximum absolute atomic E-state index is 12.8. The van der Waals surface area contributed by atoms with Crippen LogP contribution in [-0.4, -0.2) is 66.5 Å². The molecule has 0 aliphatic heterocycles. The number of halogens is 3. The molecule has 1 atom stereocenters. The molecule has 1 aromatic rings. The monoisotopic (exact) mass is 434 g/mol. The SMILES string of the molecule is BCc1cc(CB)c(OC(=O)CC(=O)OC(CS(=O)(=O)O)C(F)(F)F)c(CB)c1. The highest BCUT2D eigenvalue weighted by Crippen LogP contribution is 2.28. The molecule has 0 heterocycles. The second-order valence-electron chi connectivity index (χ2n) is 6.22. The second-order valence-corrected chi connectivity index (χ2v) is 7.72. The second kappa shape index (κ2) is 10.2. The molecule has 0 bridgehead atoms. The Morgan fingerprint density at radius 1 is 1.03 bits per heavy atom. The van der Waals surface area contributed by atoms with E-state index in [-0.39, 0.29) is 5.75 Å². The van der Waals surface area contributed by atoms with Crippen LogP contribution in [0.15, 0.2) is 12.1 Å². The molecule has 0 spiro atoms. The minimum Gasteiger partial charge on any atom is -0.451 e. The number of ether oxygens (including phenoxy) is 2. The summed E-state index contributed by atoms with van der Waals surface area (Å²) in [5.74, 6) is -4.38. The normalized spacial score (nSPS) is 13.0. The minimum absolute atomic E-state index is 0.246. The van der Waals surface area contributed by atoms with Gasteiger partial charge in [-0.1, -0.05) is 36.7 Å². The Hall–Kier alpha value is -1.95. The van der Waals surface area contributed by atoms with Crippen LogP contribution in [0.25, 0.3) is 0 Å². The summed E-state index contributed by atoms with van der Waals surface area (Å²) in [4.78, 5) is 23.8. The van der Waals surface area contributed by atoms with E-state index >= 15 is 0 Å². The third-order valence-corrected chi connectivity index (χ3v) is 4.70. The van der Waals surface area contributed by atoms with Crippen molar-refractivity contribution in [1.82, 2.24) is 0 Å². The molecule has 0 amide bonds. The number of hydrogen-bond acceptors (Lipinski definition) is 6. The van der Waals surface area contributed by atoms with E-state index in [1.165, 1.54) is 0 Å². The fraction of sp³-hybridized carbons (Fsp3) is 0.467. The van der Waals surface area contributed by atoms with Crippen LogP contribution < -0.4 is 4.74 Å². The fourth-order valence-corrected chi connectivity index (χ4v) is 3.18.